The van der Waals surface area contributed by atoms with E-state index in [0.717, 1.165) is 31.6 Å². The Balaban J connectivity index is 2.12. The van der Waals surface area contributed by atoms with Crippen LogP contribution in [0.4, 0.5) is 0 Å². The molecule has 2 unspecified atom stereocenters. The maximum atomic E-state index is 6.05. The zero-order valence-corrected chi connectivity index (χ0v) is 12.3. The molecule has 0 bridgehead atoms. The van der Waals surface area contributed by atoms with Crippen molar-refractivity contribution in [1.82, 2.24) is 5.32 Å². The maximum absolute atomic E-state index is 6.05. The summed E-state index contributed by atoms with van der Waals surface area (Å²) in [6.45, 7) is 6.02. The minimum atomic E-state index is 0.0492. The van der Waals surface area contributed by atoms with Crippen molar-refractivity contribution in [3.05, 3.63) is 33.8 Å². The molecule has 0 radical (unpaired) electrons. The molecule has 1 aromatic carbocycles. The van der Waals surface area contributed by atoms with E-state index in [1.807, 2.05) is 18.2 Å². The van der Waals surface area contributed by atoms with Crippen LogP contribution in [-0.4, -0.2) is 18.7 Å². The normalized spacial score (nSPS) is 29.0. The molecule has 0 spiro atoms. The highest BCUT2D eigenvalue weighted by Gasteiger charge is 2.27. The number of benzene rings is 1. The van der Waals surface area contributed by atoms with E-state index in [9.17, 15) is 0 Å². The van der Waals surface area contributed by atoms with E-state index in [1.165, 1.54) is 0 Å². The van der Waals surface area contributed by atoms with Gasteiger partial charge in [0.15, 0.2) is 0 Å². The zero-order valence-electron chi connectivity index (χ0n) is 10.8. The van der Waals surface area contributed by atoms with Crippen LogP contribution >= 0.6 is 23.2 Å². The third kappa shape index (κ3) is 3.18. The fraction of sp³-hybridized carbons (Fsp3) is 0.571. The third-order valence-electron chi connectivity index (χ3n) is 3.78. The minimum absolute atomic E-state index is 0.0492. The molecular formula is C14H19Cl2NO. The Hall–Kier alpha value is -0.280. The van der Waals surface area contributed by atoms with Gasteiger partial charge in [0.05, 0.1) is 16.1 Å². The standard InChI is InChI=1S/C14H19Cl2NO/c1-3-14(2)6-7-18-13(9-17-14)10-4-5-11(15)12(16)8-10/h4-5,8,13,17H,3,6-7,9H2,1-2H3. The molecule has 1 heterocycles. The summed E-state index contributed by atoms with van der Waals surface area (Å²) in [5.41, 5.74) is 1.25. The summed E-state index contributed by atoms with van der Waals surface area (Å²) >= 11 is 12.0. The Morgan fingerprint density at radius 1 is 1.39 bits per heavy atom. The second-order valence-electron chi connectivity index (χ2n) is 5.08. The van der Waals surface area contributed by atoms with Crippen molar-refractivity contribution < 1.29 is 4.74 Å². The molecule has 1 aliphatic rings. The van der Waals surface area contributed by atoms with Crippen molar-refractivity contribution in [3.8, 4) is 0 Å². The van der Waals surface area contributed by atoms with Gasteiger partial charge in [-0.2, -0.15) is 0 Å². The van der Waals surface area contributed by atoms with Crippen LogP contribution in [0, 0.1) is 0 Å². The second-order valence-corrected chi connectivity index (χ2v) is 5.89. The van der Waals surface area contributed by atoms with Crippen molar-refractivity contribution >= 4 is 23.2 Å². The van der Waals surface area contributed by atoms with E-state index in [0.29, 0.717) is 10.0 Å². The highest BCUT2D eigenvalue weighted by molar-refractivity contribution is 6.42. The quantitative estimate of drug-likeness (QED) is 0.880. The molecule has 100 valence electrons. The van der Waals surface area contributed by atoms with Gasteiger partial charge in [0.25, 0.3) is 0 Å². The number of rotatable bonds is 2. The van der Waals surface area contributed by atoms with Gasteiger partial charge in [-0.1, -0.05) is 36.2 Å². The van der Waals surface area contributed by atoms with Gasteiger partial charge in [-0.3, -0.25) is 0 Å². The first-order valence-electron chi connectivity index (χ1n) is 6.36. The molecule has 1 N–H and O–H groups in total. The Morgan fingerprint density at radius 2 is 2.17 bits per heavy atom. The van der Waals surface area contributed by atoms with E-state index in [2.05, 4.69) is 19.2 Å². The third-order valence-corrected chi connectivity index (χ3v) is 4.52. The minimum Gasteiger partial charge on any atom is -0.372 e. The van der Waals surface area contributed by atoms with Crippen LogP contribution in [0.2, 0.25) is 10.0 Å². The number of halogens is 2. The van der Waals surface area contributed by atoms with E-state index in [-0.39, 0.29) is 11.6 Å². The van der Waals surface area contributed by atoms with Crippen molar-refractivity contribution in [2.45, 2.75) is 38.3 Å². The molecule has 2 rings (SSSR count). The Labute approximate surface area is 119 Å². The lowest BCUT2D eigenvalue weighted by atomic mass is 9.95. The molecule has 18 heavy (non-hydrogen) atoms. The van der Waals surface area contributed by atoms with Crippen LogP contribution in [0.5, 0.6) is 0 Å². The van der Waals surface area contributed by atoms with Crippen LogP contribution in [0.15, 0.2) is 18.2 Å². The molecule has 0 aromatic heterocycles. The van der Waals surface area contributed by atoms with Crippen LogP contribution in [0.3, 0.4) is 0 Å². The van der Waals surface area contributed by atoms with Crippen molar-refractivity contribution in [2.24, 2.45) is 0 Å². The SMILES string of the molecule is CCC1(C)CCOC(c2ccc(Cl)c(Cl)c2)CN1. The molecule has 0 saturated carbocycles. The summed E-state index contributed by atoms with van der Waals surface area (Å²) in [5, 5.41) is 4.76. The summed E-state index contributed by atoms with van der Waals surface area (Å²) in [6.07, 6.45) is 2.18. The fourth-order valence-corrected chi connectivity index (χ4v) is 2.45. The zero-order chi connectivity index (χ0) is 13.2. The smallest absolute Gasteiger partial charge is 0.0949 e. The van der Waals surface area contributed by atoms with Crippen LogP contribution < -0.4 is 5.32 Å². The lowest BCUT2D eigenvalue weighted by Gasteiger charge is -2.27. The average molecular weight is 288 g/mol. The topological polar surface area (TPSA) is 21.3 Å². The monoisotopic (exact) mass is 287 g/mol. The molecule has 0 aliphatic carbocycles. The molecule has 1 saturated heterocycles. The molecule has 0 amide bonds. The molecule has 1 aliphatic heterocycles. The summed E-state index contributed by atoms with van der Waals surface area (Å²) < 4.78 is 5.92. The van der Waals surface area contributed by atoms with Gasteiger partial charge in [-0.15, -0.1) is 0 Å². The lowest BCUT2D eigenvalue weighted by Crippen LogP contribution is -2.42. The first-order chi connectivity index (χ1) is 8.54. The number of hydrogen-bond donors (Lipinski definition) is 1. The van der Waals surface area contributed by atoms with E-state index in [1.54, 1.807) is 0 Å². The molecule has 2 atom stereocenters. The van der Waals surface area contributed by atoms with Gasteiger partial charge >= 0.3 is 0 Å². The molecule has 1 fully saturated rings. The van der Waals surface area contributed by atoms with E-state index < -0.39 is 0 Å². The van der Waals surface area contributed by atoms with Gasteiger partial charge in [0, 0.05) is 18.7 Å². The van der Waals surface area contributed by atoms with Gasteiger partial charge < -0.3 is 10.1 Å². The first kappa shape index (κ1) is 14.1. The lowest BCUT2D eigenvalue weighted by molar-refractivity contribution is 0.0653. The van der Waals surface area contributed by atoms with E-state index >= 15 is 0 Å². The van der Waals surface area contributed by atoms with Gasteiger partial charge in [0.1, 0.15) is 0 Å². The highest BCUT2D eigenvalue weighted by atomic mass is 35.5. The average Bonchev–Trinajstić information content (AvgIpc) is 2.56. The maximum Gasteiger partial charge on any atom is 0.0949 e. The molecule has 2 nitrogen and oxygen atoms in total. The Bertz CT molecular complexity index is 424. The Kier molecular flexibility index (Phi) is 4.54. The van der Waals surface area contributed by atoms with Crippen LogP contribution in [0.25, 0.3) is 0 Å². The summed E-state index contributed by atoms with van der Waals surface area (Å²) in [4.78, 5) is 0. The van der Waals surface area contributed by atoms with Crippen molar-refractivity contribution in [3.63, 3.8) is 0 Å². The number of nitrogens with one attached hydrogen (secondary N) is 1. The first-order valence-corrected chi connectivity index (χ1v) is 7.11. The van der Waals surface area contributed by atoms with Gasteiger partial charge in [-0.25, -0.2) is 0 Å². The van der Waals surface area contributed by atoms with E-state index in [4.69, 9.17) is 27.9 Å². The number of hydrogen-bond acceptors (Lipinski definition) is 2. The Morgan fingerprint density at radius 3 is 2.83 bits per heavy atom. The van der Waals surface area contributed by atoms with Gasteiger partial charge in [-0.05, 0) is 37.5 Å². The largest absolute Gasteiger partial charge is 0.372 e. The van der Waals surface area contributed by atoms with Crippen LogP contribution in [0.1, 0.15) is 38.4 Å². The van der Waals surface area contributed by atoms with Gasteiger partial charge in [0.2, 0.25) is 0 Å². The second kappa shape index (κ2) is 5.79. The summed E-state index contributed by atoms with van der Waals surface area (Å²) in [5.74, 6) is 0. The molecule has 1 aromatic rings. The highest BCUT2D eigenvalue weighted by Crippen LogP contribution is 2.29. The summed E-state index contributed by atoms with van der Waals surface area (Å²) in [7, 11) is 0. The molecule has 4 heteroatoms. The van der Waals surface area contributed by atoms with Crippen molar-refractivity contribution in [1.29, 1.82) is 0 Å². The predicted molar refractivity (Wildman–Crippen MR) is 76.5 cm³/mol. The summed E-state index contributed by atoms with van der Waals surface area (Å²) in [6, 6.07) is 5.70. The van der Waals surface area contributed by atoms with Crippen molar-refractivity contribution in [2.75, 3.05) is 13.2 Å². The fourth-order valence-electron chi connectivity index (χ4n) is 2.14. The molecular weight excluding hydrogens is 269 g/mol. The predicted octanol–water partition coefficient (Wildman–Crippen LogP) is 4.21. The van der Waals surface area contributed by atoms with Crippen LogP contribution in [-0.2, 0) is 4.74 Å². The number of ether oxygens (including phenoxy) is 1.